The largest absolute Gasteiger partial charge is 0.478 e. The van der Waals surface area contributed by atoms with Gasteiger partial charge in [-0.05, 0) is 24.3 Å². The monoisotopic (exact) mass is 286 g/mol. The number of hydrogen-bond donors (Lipinski definition) is 2. The van der Waals surface area contributed by atoms with E-state index in [4.69, 9.17) is 0 Å². The number of para-hydroxylation sites is 2. The summed E-state index contributed by atoms with van der Waals surface area (Å²) >= 11 is 0. The molecule has 2 aromatic carbocycles. The van der Waals surface area contributed by atoms with Crippen LogP contribution in [0.4, 0.5) is 21.5 Å². The molecule has 1 heterocycles. The molecule has 0 saturated heterocycles. The summed E-state index contributed by atoms with van der Waals surface area (Å²) in [6.45, 7) is -0.0687. The third-order valence-electron chi connectivity index (χ3n) is 3.27. The lowest BCUT2D eigenvalue weighted by molar-refractivity contribution is -0.115. The van der Waals surface area contributed by atoms with E-state index in [0.717, 1.165) is 6.07 Å². The summed E-state index contributed by atoms with van der Waals surface area (Å²) in [5, 5.41) is 11.9. The van der Waals surface area contributed by atoms with Crippen molar-refractivity contribution in [3.05, 3.63) is 53.8 Å². The first-order valence-corrected chi connectivity index (χ1v) is 6.26. The van der Waals surface area contributed by atoms with Gasteiger partial charge in [-0.2, -0.15) is 0 Å². The minimum atomic E-state index is -1.37. The minimum absolute atomic E-state index is 0.0687. The highest BCUT2D eigenvalue weighted by Gasteiger charge is 2.27. The first-order chi connectivity index (χ1) is 10.1. The van der Waals surface area contributed by atoms with E-state index < -0.39 is 17.3 Å². The summed E-state index contributed by atoms with van der Waals surface area (Å²) in [7, 11) is 0. The number of hydrogen-bond acceptors (Lipinski definition) is 3. The van der Waals surface area contributed by atoms with Crippen LogP contribution in [-0.4, -0.2) is 23.5 Å². The third-order valence-corrected chi connectivity index (χ3v) is 3.27. The summed E-state index contributed by atoms with van der Waals surface area (Å²) < 4.78 is 13.8. The smallest absolute Gasteiger partial charge is 0.340 e. The van der Waals surface area contributed by atoms with Gasteiger partial charge in [-0.1, -0.05) is 18.2 Å². The number of aromatic carboxylic acids is 1. The van der Waals surface area contributed by atoms with E-state index in [1.165, 1.54) is 17.0 Å². The number of carboxylic acid groups (broad SMARTS) is 1. The second-order valence-corrected chi connectivity index (χ2v) is 4.59. The van der Waals surface area contributed by atoms with Crippen LogP contribution in [0.5, 0.6) is 0 Å². The molecule has 2 N–H and O–H groups in total. The van der Waals surface area contributed by atoms with Crippen LogP contribution in [0.15, 0.2) is 42.5 Å². The molecule has 0 unspecified atom stereocenters. The molecule has 0 radical (unpaired) electrons. The van der Waals surface area contributed by atoms with E-state index in [-0.39, 0.29) is 18.1 Å². The average Bonchev–Trinajstić information content (AvgIpc) is 2.45. The van der Waals surface area contributed by atoms with Gasteiger partial charge < -0.3 is 15.3 Å². The summed E-state index contributed by atoms with van der Waals surface area (Å²) in [6, 6.07) is 11.0. The Labute approximate surface area is 119 Å². The molecule has 0 spiro atoms. The highest BCUT2D eigenvalue weighted by Crippen LogP contribution is 2.36. The number of fused-ring (bicyclic) bond motifs is 1. The van der Waals surface area contributed by atoms with Crippen molar-refractivity contribution in [2.75, 3.05) is 16.8 Å². The molecule has 0 saturated carbocycles. The molecule has 0 bridgehead atoms. The molecule has 1 aliphatic heterocycles. The van der Waals surface area contributed by atoms with Crippen molar-refractivity contribution in [2.45, 2.75) is 0 Å². The van der Waals surface area contributed by atoms with Crippen LogP contribution in [-0.2, 0) is 4.79 Å². The summed E-state index contributed by atoms with van der Waals surface area (Å²) in [5.74, 6) is -2.48. The normalized spacial score (nSPS) is 13.6. The van der Waals surface area contributed by atoms with Gasteiger partial charge in [0.1, 0.15) is 17.9 Å². The SMILES string of the molecule is O=C1CN(c2cccc(F)c2C(=O)O)c2ccccc2N1. The Kier molecular flexibility index (Phi) is 3.06. The quantitative estimate of drug-likeness (QED) is 0.890. The van der Waals surface area contributed by atoms with Crippen LogP contribution < -0.4 is 10.2 Å². The number of nitrogens with one attached hydrogen (secondary N) is 1. The number of nitrogens with zero attached hydrogens (tertiary/aromatic N) is 1. The number of benzene rings is 2. The molecule has 3 rings (SSSR count). The van der Waals surface area contributed by atoms with E-state index in [0.29, 0.717) is 11.4 Å². The predicted octanol–water partition coefficient (Wildman–Crippen LogP) is 2.61. The van der Waals surface area contributed by atoms with Crippen LogP contribution in [0.1, 0.15) is 10.4 Å². The van der Waals surface area contributed by atoms with Crippen molar-refractivity contribution >= 4 is 28.9 Å². The lowest BCUT2D eigenvalue weighted by Crippen LogP contribution is -2.35. The van der Waals surface area contributed by atoms with Crippen molar-refractivity contribution in [3.8, 4) is 0 Å². The number of halogens is 1. The first-order valence-electron chi connectivity index (χ1n) is 6.26. The molecule has 0 aromatic heterocycles. The Morgan fingerprint density at radius 2 is 1.86 bits per heavy atom. The highest BCUT2D eigenvalue weighted by molar-refractivity contribution is 6.05. The highest BCUT2D eigenvalue weighted by atomic mass is 19.1. The topological polar surface area (TPSA) is 69.6 Å². The van der Waals surface area contributed by atoms with Gasteiger partial charge >= 0.3 is 5.97 Å². The number of rotatable bonds is 2. The Balaban J connectivity index is 2.20. The van der Waals surface area contributed by atoms with Crippen molar-refractivity contribution in [2.24, 2.45) is 0 Å². The number of amides is 1. The lowest BCUT2D eigenvalue weighted by atomic mass is 10.1. The van der Waals surface area contributed by atoms with Crippen molar-refractivity contribution < 1.29 is 19.1 Å². The second-order valence-electron chi connectivity index (χ2n) is 4.59. The van der Waals surface area contributed by atoms with Gasteiger partial charge in [0, 0.05) is 0 Å². The summed E-state index contributed by atoms with van der Waals surface area (Å²) in [5.41, 5.74) is 0.909. The maximum Gasteiger partial charge on any atom is 0.340 e. The summed E-state index contributed by atoms with van der Waals surface area (Å²) in [4.78, 5) is 24.6. The molecule has 5 nitrogen and oxygen atoms in total. The number of anilines is 3. The Morgan fingerprint density at radius 3 is 2.62 bits per heavy atom. The fraction of sp³-hybridized carbons (Fsp3) is 0.0667. The molecular formula is C15H11FN2O3. The van der Waals surface area contributed by atoms with Crippen LogP contribution in [0.3, 0.4) is 0 Å². The van der Waals surface area contributed by atoms with Gasteiger partial charge in [-0.3, -0.25) is 4.79 Å². The van der Waals surface area contributed by atoms with Crippen LogP contribution in [0.25, 0.3) is 0 Å². The lowest BCUT2D eigenvalue weighted by Gasteiger charge is -2.31. The average molecular weight is 286 g/mol. The molecule has 0 fully saturated rings. The van der Waals surface area contributed by atoms with Crippen LogP contribution in [0, 0.1) is 5.82 Å². The third kappa shape index (κ3) is 2.20. The number of carbonyl (C=O) groups is 2. The Bertz CT molecular complexity index is 745. The molecule has 1 aliphatic rings. The fourth-order valence-corrected chi connectivity index (χ4v) is 2.40. The van der Waals surface area contributed by atoms with Gasteiger partial charge in [0.2, 0.25) is 5.91 Å². The van der Waals surface area contributed by atoms with E-state index >= 15 is 0 Å². The molecule has 1 amide bonds. The maximum atomic E-state index is 13.8. The number of carbonyl (C=O) groups excluding carboxylic acids is 1. The van der Waals surface area contributed by atoms with E-state index in [1.807, 2.05) is 0 Å². The minimum Gasteiger partial charge on any atom is -0.478 e. The molecule has 0 aliphatic carbocycles. The standard InChI is InChI=1S/C15H11FN2O3/c16-9-4-3-7-12(14(9)15(20)21)18-8-13(19)17-10-5-1-2-6-11(10)18/h1-7H,8H2,(H,17,19)(H,20,21). The van der Waals surface area contributed by atoms with Crippen LogP contribution >= 0.6 is 0 Å². The first kappa shape index (κ1) is 13.1. The predicted molar refractivity (Wildman–Crippen MR) is 75.4 cm³/mol. The second kappa shape index (κ2) is 4.90. The molecule has 2 aromatic rings. The zero-order valence-electron chi connectivity index (χ0n) is 10.8. The zero-order valence-corrected chi connectivity index (χ0v) is 10.8. The van der Waals surface area contributed by atoms with E-state index in [9.17, 15) is 19.1 Å². The van der Waals surface area contributed by atoms with E-state index in [2.05, 4.69) is 5.32 Å². The fourth-order valence-electron chi connectivity index (χ4n) is 2.40. The van der Waals surface area contributed by atoms with Crippen LogP contribution in [0.2, 0.25) is 0 Å². The summed E-state index contributed by atoms with van der Waals surface area (Å²) in [6.07, 6.45) is 0. The van der Waals surface area contributed by atoms with Gasteiger partial charge in [-0.15, -0.1) is 0 Å². The van der Waals surface area contributed by atoms with E-state index in [1.54, 1.807) is 24.3 Å². The zero-order chi connectivity index (χ0) is 15.0. The molecular weight excluding hydrogens is 275 g/mol. The Hall–Kier alpha value is -2.89. The van der Waals surface area contributed by atoms with Crippen molar-refractivity contribution in [3.63, 3.8) is 0 Å². The van der Waals surface area contributed by atoms with Gasteiger partial charge in [0.25, 0.3) is 0 Å². The Morgan fingerprint density at radius 1 is 1.14 bits per heavy atom. The van der Waals surface area contributed by atoms with Gasteiger partial charge in [0.15, 0.2) is 0 Å². The molecule has 21 heavy (non-hydrogen) atoms. The number of carboxylic acids is 1. The van der Waals surface area contributed by atoms with Crippen molar-refractivity contribution in [1.29, 1.82) is 0 Å². The van der Waals surface area contributed by atoms with Crippen molar-refractivity contribution in [1.82, 2.24) is 0 Å². The molecule has 0 atom stereocenters. The van der Waals surface area contributed by atoms with Gasteiger partial charge in [-0.25, -0.2) is 9.18 Å². The van der Waals surface area contributed by atoms with Gasteiger partial charge in [0.05, 0.1) is 17.1 Å². The molecule has 6 heteroatoms. The molecule has 106 valence electrons. The maximum absolute atomic E-state index is 13.8.